The van der Waals surface area contributed by atoms with E-state index in [1.807, 2.05) is 0 Å². The van der Waals surface area contributed by atoms with Gasteiger partial charge in [0.2, 0.25) is 0 Å². The maximum absolute atomic E-state index is 9.97. The van der Waals surface area contributed by atoms with E-state index in [2.05, 4.69) is 0 Å². The second kappa shape index (κ2) is 3.94. The van der Waals surface area contributed by atoms with Crippen LogP contribution in [0, 0.1) is 0 Å². The minimum atomic E-state index is 0.642. The Bertz CT molecular complexity index is 86.9. The molecule has 0 unspecified atom stereocenters. The molecule has 1 rings (SSSR count). The summed E-state index contributed by atoms with van der Waals surface area (Å²) in [5.41, 5.74) is 0. The maximum atomic E-state index is 9.97. The van der Waals surface area contributed by atoms with E-state index < -0.39 is 0 Å². The summed E-state index contributed by atoms with van der Waals surface area (Å²) in [5.74, 6) is 3.96. The molecule has 0 atom stereocenters. The zero-order valence-corrected chi connectivity index (χ0v) is 6.45. The summed E-state index contributed by atoms with van der Waals surface area (Å²) in [5, 5.41) is 0. The molecule has 1 aliphatic rings. The third kappa shape index (κ3) is 2.39. The van der Waals surface area contributed by atoms with Crippen molar-refractivity contribution in [3.8, 4) is 0 Å². The van der Waals surface area contributed by atoms with Crippen LogP contribution in [0.2, 0.25) is 0 Å². The smallest absolute Gasteiger partial charge is 0.124 e. The monoisotopic (exact) mass is 145 g/mol. The van der Waals surface area contributed by atoms with Gasteiger partial charge in [0.25, 0.3) is 0 Å². The van der Waals surface area contributed by atoms with Crippen molar-refractivity contribution in [3.63, 3.8) is 0 Å². The molecule has 0 aromatic carbocycles. The van der Waals surface area contributed by atoms with Gasteiger partial charge in [-0.3, -0.25) is 0 Å². The van der Waals surface area contributed by atoms with Gasteiger partial charge < -0.3 is 4.79 Å². The van der Waals surface area contributed by atoms with Crippen LogP contribution in [-0.2, 0) is 15.7 Å². The number of aldehydes is 1. The number of rotatable bonds is 3. The first-order valence-electron chi connectivity index (χ1n) is 3.51. The molecule has 52 valence electrons. The molecule has 0 bridgehead atoms. The Morgan fingerprint density at radius 2 is 2.00 bits per heavy atom. The van der Waals surface area contributed by atoms with E-state index in [9.17, 15) is 4.79 Å². The van der Waals surface area contributed by atoms with Gasteiger partial charge >= 0.3 is 0 Å². The second-order valence-corrected chi connectivity index (χ2v) is 4.84. The molecule has 0 radical (unpaired) electrons. The summed E-state index contributed by atoms with van der Waals surface area (Å²) in [7, 11) is 0.642. The lowest BCUT2D eigenvalue weighted by molar-refractivity contribution is -0.107. The highest BCUT2D eigenvalue weighted by atomic mass is 32.2. The lowest BCUT2D eigenvalue weighted by atomic mass is 10.4. The SMILES string of the molecule is O=CCC[S+]1CCCC1. The fourth-order valence-corrected chi connectivity index (χ4v) is 3.40. The van der Waals surface area contributed by atoms with Crippen molar-refractivity contribution < 1.29 is 4.79 Å². The van der Waals surface area contributed by atoms with E-state index in [4.69, 9.17) is 0 Å². The first-order chi connectivity index (χ1) is 4.43. The standard InChI is InChI=1S/C7H13OS/c8-4-3-7-9-5-1-2-6-9/h4H,1-3,5-7H2/q+1. The topological polar surface area (TPSA) is 17.1 Å². The van der Waals surface area contributed by atoms with Gasteiger partial charge in [-0.25, -0.2) is 0 Å². The highest BCUT2D eigenvalue weighted by Gasteiger charge is 2.22. The third-order valence-electron chi connectivity index (χ3n) is 1.64. The van der Waals surface area contributed by atoms with Gasteiger partial charge in [-0.05, 0) is 23.7 Å². The Hall–Kier alpha value is 0.0200. The van der Waals surface area contributed by atoms with Gasteiger partial charge in [0.1, 0.15) is 23.5 Å². The molecule has 0 spiro atoms. The molecule has 9 heavy (non-hydrogen) atoms. The van der Waals surface area contributed by atoms with Crippen LogP contribution in [0.5, 0.6) is 0 Å². The second-order valence-electron chi connectivity index (χ2n) is 2.39. The fourth-order valence-electron chi connectivity index (χ4n) is 1.13. The third-order valence-corrected chi connectivity index (χ3v) is 4.19. The summed E-state index contributed by atoms with van der Waals surface area (Å²) >= 11 is 0. The molecule has 0 saturated carbocycles. The number of hydrogen-bond donors (Lipinski definition) is 0. The Balaban J connectivity index is 2.04. The molecular formula is C7H13OS+. The van der Waals surface area contributed by atoms with Crippen molar-refractivity contribution in [2.75, 3.05) is 17.3 Å². The van der Waals surface area contributed by atoms with Crippen molar-refractivity contribution in [1.82, 2.24) is 0 Å². The summed E-state index contributed by atoms with van der Waals surface area (Å²) in [6.07, 6.45) is 4.65. The molecule has 0 aromatic rings. The fraction of sp³-hybridized carbons (Fsp3) is 0.857. The summed E-state index contributed by atoms with van der Waals surface area (Å²) in [6.45, 7) is 0. The molecular weight excluding hydrogens is 132 g/mol. The van der Waals surface area contributed by atoms with E-state index in [-0.39, 0.29) is 0 Å². The molecule has 1 saturated heterocycles. The van der Waals surface area contributed by atoms with E-state index in [0.29, 0.717) is 10.9 Å². The van der Waals surface area contributed by atoms with Gasteiger partial charge in [0, 0.05) is 6.42 Å². The van der Waals surface area contributed by atoms with Gasteiger partial charge in [-0.15, -0.1) is 0 Å². The van der Waals surface area contributed by atoms with Crippen LogP contribution in [0.1, 0.15) is 19.3 Å². The van der Waals surface area contributed by atoms with E-state index in [1.165, 1.54) is 30.1 Å². The van der Waals surface area contributed by atoms with Crippen LogP contribution < -0.4 is 0 Å². The van der Waals surface area contributed by atoms with Gasteiger partial charge in [0.15, 0.2) is 0 Å². The van der Waals surface area contributed by atoms with E-state index >= 15 is 0 Å². The normalized spacial score (nSPS) is 20.4. The van der Waals surface area contributed by atoms with Crippen LogP contribution in [0.15, 0.2) is 0 Å². The first kappa shape index (κ1) is 7.13. The Morgan fingerprint density at radius 1 is 1.33 bits per heavy atom. The highest BCUT2D eigenvalue weighted by molar-refractivity contribution is 7.97. The van der Waals surface area contributed by atoms with Crippen molar-refractivity contribution >= 4 is 17.2 Å². The molecule has 1 nitrogen and oxygen atoms in total. The molecule has 0 N–H and O–H groups in total. The van der Waals surface area contributed by atoms with Gasteiger partial charge in [-0.1, -0.05) is 0 Å². The Morgan fingerprint density at radius 3 is 2.56 bits per heavy atom. The lowest BCUT2D eigenvalue weighted by Gasteiger charge is -1.93. The van der Waals surface area contributed by atoms with Crippen LogP contribution in [0.25, 0.3) is 0 Å². The molecule has 1 aliphatic heterocycles. The molecule has 0 amide bonds. The van der Waals surface area contributed by atoms with E-state index in [0.717, 1.165) is 12.7 Å². The van der Waals surface area contributed by atoms with Crippen molar-refractivity contribution in [3.05, 3.63) is 0 Å². The first-order valence-corrected chi connectivity index (χ1v) is 5.24. The van der Waals surface area contributed by atoms with Crippen molar-refractivity contribution in [1.29, 1.82) is 0 Å². The average molecular weight is 145 g/mol. The quantitative estimate of drug-likeness (QED) is 0.427. The maximum Gasteiger partial charge on any atom is 0.124 e. The number of carbonyl (C=O) groups excluding carboxylic acids is 1. The molecule has 2 heteroatoms. The molecule has 0 aliphatic carbocycles. The van der Waals surface area contributed by atoms with Crippen molar-refractivity contribution in [2.45, 2.75) is 19.3 Å². The van der Waals surface area contributed by atoms with Gasteiger partial charge in [-0.2, -0.15) is 0 Å². The minimum Gasteiger partial charge on any atom is -0.303 e. The Kier molecular flexibility index (Phi) is 3.12. The van der Waals surface area contributed by atoms with Gasteiger partial charge in [0.05, 0.1) is 0 Å². The largest absolute Gasteiger partial charge is 0.303 e. The van der Waals surface area contributed by atoms with Crippen LogP contribution in [0.3, 0.4) is 0 Å². The highest BCUT2D eigenvalue weighted by Crippen LogP contribution is 2.13. The minimum absolute atomic E-state index is 0.642. The number of carbonyl (C=O) groups is 1. The molecule has 1 fully saturated rings. The average Bonchev–Trinajstić information content (AvgIpc) is 2.34. The van der Waals surface area contributed by atoms with Crippen molar-refractivity contribution in [2.24, 2.45) is 0 Å². The van der Waals surface area contributed by atoms with Crippen LogP contribution in [0.4, 0.5) is 0 Å². The molecule has 0 aromatic heterocycles. The zero-order chi connectivity index (χ0) is 6.53. The van der Waals surface area contributed by atoms with E-state index in [1.54, 1.807) is 0 Å². The summed E-state index contributed by atoms with van der Waals surface area (Å²) < 4.78 is 0. The lowest BCUT2D eigenvalue weighted by Crippen LogP contribution is -2.08. The predicted molar refractivity (Wildman–Crippen MR) is 41.9 cm³/mol. The van der Waals surface area contributed by atoms with Crippen LogP contribution >= 0.6 is 0 Å². The molecule has 1 heterocycles. The Labute approximate surface area is 59.2 Å². The zero-order valence-electron chi connectivity index (χ0n) is 5.64. The summed E-state index contributed by atoms with van der Waals surface area (Å²) in [6, 6.07) is 0. The summed E-state index contributed by atoms with van der Waals surface area (Å²) in [4.78, 5) is 9.97. The predicted octanol–water partition coefficient (Wildman–Crippen LogP) is 0.988. The van der Waals surface area contributed by atoms with Crippen LogP contribution in [-0.4, -0.2) is 23.5 Å². The number of hydrogen-bond acceptors (Lipinski definition) is 1.